The molecular formula is C11H12BrFN2O3. The van der Waals surface area contributed by atoms with Crippen LogP contribution in [0.5, 0.6) is 0 Å². The van der Waals surface area contributed by atoms with Gasteiger partial charge in [-0.3, -0.25) is 14.9 Å². The molecule has 1 aromatic carbocycles. The first-order chi connectivity index (χ1) is 8.40. The van der Waals surface area contributed by atoms with E-state index in [1.165, 1.54) is 19.1 Å². The maximum atomic E-state index is 13.4. The number of anilines is 1. The Morgan fingerprint density at radius 1 is 1.50 bits per heavy atom. The molecule has 0 aliphatic heterocycles. The van der Waals surface area contributed by atoms with Crippen molar-refractivity contribution in [3.8, 4) is 0 Å². The molecule has 1 amide bonds. The summed E-state index contributed by atoms with van der Waals surface area (Å²) < 4.78 is 13.9. The van der Waals surface area contributed by atoms with Crippen LogP contribution in [-0.4, -0.2) is 29.6 Å². The van der Waals surface area contributed by atoms with E-state index in [1.807, 2.05) is 0 Å². The molecule has 3 N–H and O–H groups in total. The summed E-state index contributed by atoms with van der Waals surface area (Å²) in [6.45, 7) is 1.21. The summed E-state index contributed by atoms with van der Waals surface area (Å²) in [7, 11) is 0. The fourth-order valence-corrected chi connectivity index (χ4v) is 1.45. The van der Waals surface area contributed by atoms with Crippen molar-refractivity contribution < 1.29 is 19.1 Å². The van der Waals surface area contributed by atoms with Crippen LogP contribution in [0.1, 0.15) is 6.92 Å². The Morgan fingerprint density at radius 2 is 2.17 bits per heavy atom. The molecule has 0 aliphatic carbocycles. The second kappa shape index (κ2) is 6.46. The van der Waals surface area contributed by atoms with Gasteiger partial charge >= 0.3 is 5.97 Å². The fraction of sp³-hybridized carbons (Fsp3) is 0.273. The summed E-state index contributed by atoms with van der Waals surface area (Å²) in [6, 6.07) is 3.39. The molecule has 0 aliphatic rings. The van der Waals surface area contributed by atoms with Gasteiger partial charge in [-0.25, -0.2) is 4.39 Å². The third-order valence-corrected chi connectivity index (χ3v) is 2.64. The molecule has 98 valence electrons. The van der Waals surface area contributed by atoms with Gasteiger partial charge in [0, 0.05) is 4.47 Å². The molecular weight excluding hydrogens is 307 g/mol. The van der Waals surface area contributed by atoms with Gasteiger partial charge in [-0.05, 0) is 25.1 Å². The Morgan fingerprint density at radius 3 is 2.72 bits per heavy atom. The van der Waals surface area contributed by atoms with Crippen LogP contribution in [0, 0.1) is 5.82 Å². The maximum Gasteiger partial charge on any atom is 0.320 e. The standard InChI is InChI=1S/C11H12BrFN2O3/c1-6(11(17)18)14-5-10(16)15-9-3-2-7(12)4-8(9)13/h2-4,6,14H,5H2,1H3,(H,15,16)(H,17,18). The van der Waals surface area contributed by atoms with Crippen molar-refractivity contribution in [1.29, 1.82) is 0 Å². The van der Waals surface area contributed by atoms with E-state index in [4.69, 9.17) is 5.11 Å². The zero-order valence-corrected chi connectivity index (χ0v) is 11.1. The summed E-state index contributed by atoms with van der Waals surface area (Å²) in [5, 5.41) is 13.4. The molecule has 7 heteroatoms. The predicted octanol–water partition coefficient (Wildman–Crippen LogP) is 1.59. The van der Waals surface area contributed by atoms with Gasteiger partial charge < -0.3 is 10.4 Å². The average Bonchev–Trinajstić information content (AvgIpc) is 2.29. The van der Waals surface area contributed by atoms with Crippen LogP contribution >= 0.6 is 15.9 Å². The van der Waals surface area contributed by atoms with Crippen LogP contribution in [0.3, 0.4) is 0 Å². The number of carbonyl (C=O) groups excluding carboxylic acids is 1. The summed E-state index contributed by atoms with van der Waals surface area (Å²) in [5.41, 5.74) is 0.0491. The number of hydrogen-bond acceptors (Lipinski definition) is 3. The quantitative estimate of drug-likeness (QED) is 0.770. The molecule has 0 saturated carbocycles. The molecule has 0 heterocycles. The summed E-state index contributed by atoms with van der Waals surface area (Å²) >= 11 is 3.10. The van der Waals surface area contributed by atoms with Crippen LogP contribution < -0.4 is 10.6 Å². The number of rotatable bonds is 5. The number of nitrogens with one attached hydrogen (secondary N) is 2. The van der Waals surface area contributed by atoms with E-state index in [2.05, 4.69) is 26.6 Å². The highest BCUT2D eigenvalue weighted by Gasteiger charge is 2.12. The van der Waals surface area contributed by atoms with Gasteiger partial charge in [0.25, 0.3) is 0 Å². The van der Waals surface area contributed by atoms with Crippen molar-refractivity contribution in [3.63, 3.8) is 0 Å². The van der Waals surface area contributed by atoms with Gasteiger partial charge in [0.15, 0.2) is 0 Å². The second-order valence-electron chi connectivity index (χ2n) is 3.61. The van der Waals surface area contributed by atoms with E-state index in [9.17, 15) is 14.0 Å². The Kier molecular flexibility index (Phi) is 5.24. The highest BCUT2D eigenvalue weighted by molar-refractivity contribution is 9.10. The Labute approximate surface area is 112 Å². The molecule has 1 unspecified atom stereocenters. The first-order valence-electron chi connectivity index (χ1n) is 5.11. The molecule has 18 heavy (non-hydrogen) atoms. The third kappa shape index (κ3) is 4.42. The number of benzene rings is 1. The van der Waals surface area contributed by atoms with Crippen molar-refractivity contribution in [3.05, 3.63) is 28.5 Å². The first-order valence-corrected chi connectivity index (χ1v) is 5.90. The molecule has 0 fully saturated rings. The van der Waals surface area contributed by atoms with Gasteiger partial charge in [-0.1, -0.05) is 15.9 Å². The number of halogens is 2. The minimum atomic E-state index is -1.06. The Hall–Kier alpha value is -1.47. The van der Waals surface area contributed by atoms with Crippen molar-refractivity contribution >= 4 is 33.5 Å². The topological polar surface area (TPSA) is 78.4 Å². The number of amides is 1. The van der Waals surface area contributed by atoms with Crippen LogP contribution in [0.2, 0.25) is 0 Å². The largest absolute Gasteiger partial charge is 0.480 e. The molecule has 0 radical (unpaired) electrons. The fourth-order valence-electron chi connectivity index (χ4n) is 1.12. The first kappa shape index (κ1) is 14.6. The lowest BCUT2D eigenvalue weighted by Crippen LogP contribution is -2.39. The number of carboxylic acid groups (broad SMARTS) is 1. The van der Waals surface area contributed by atoms with Crippen LogP contribution in [0.4, 0.5) is 10.1 Å². The van der Waals surface area contributed by atoms with Crippen molar-refractivity contribution in [2.24, 2.45) is 0 Å². The molecule has 0 aromatic heterocycles. The molecule has 0 bridgehead atoms. The second-order valence-corrected chi connectivity index (χ2v) is 4.53. The van der Waals surface area contributed by atoms with Gasteiger partial charge in [0.05, 0.1) is 12.2 Å². The van der Waals surface area contributed by atoms with E-state index in [-0.39, 0.29) is 12.2 Å². The number of aliphatic carboxylic acids is 1. The summed E-state index contributed by atoms with van der Waals surface area (Å²) in [4.78, 5) is 21.9. The minimum absolute atomic E-state index is 0.0491. The van der Waals surface area contributed by atoms with Crippen LogP contribution in [0.25, 0.3) is 0 Å². The van der Waals surface area contributed by atoms with Crippen LogP contribution in [0.15, 0.2) is 22.7 Å². The number of carboxylic acids is 1. The summed E-state index contributed by atoms with van der Waals surface area (Å²) in [5.74, 6) is -2.13. The molecule has 0 saturated heterocycles. The van der Waals surface area contributed by atoms with Gasteiger partial charge in [-0.2, -0.15) is 0 Å². The Balaban J connectivity index is 2.52. The lowest BCUT2D eigenvalue weighted by atomic mass is 10.3. The molecule has 1 aromatic rings. The normalized spacial score (nSPS) is 11.9. The van der Waals surface area contributed by atoms with E-state index >= 15 is 0 Å². The SMILES string of the molecule is CC(NCC(=O)Nc1ccc(Br)cc1F)C(=O)O. The van der Waals surface area contributed by atoms with E-state index in [0.717, 1.165) is 0 Å². The van der Waals surface area contributed by atoms with E-state index in [0.29, 0.717) is 4.47 Å². The van der Waals surface area contributed by atoms with E-state index in [1.54, 1.807) is 6.07 Å². The van der Waals surface area contributed by atoms with E-state index < -0.39 is 23.7 Å². The van der Waals surface area contributed by atoms with Gasteiger partial charge in [0.1, 0.15) is 11.9 Å². The van der Waals surface area contributed by atoms with Crippen molar-refractivity contribution in [1.82, 2.24) is 5.32 Å². The smallest absolute Gasteiger partial charge is 0.320 e. The molecule has 0 spiro atoms. The average molecular weight is 319 g/mol. The molecule has 5 nitrogen and oxygen atoms in total. The monoisotopic (exact) mass is 318 g/mol. The lowest BCUT2D eigenvalue weighted by molar-refractivity contribution is -0.139. The van der Waals surface area contributed by atoms with Crippen LogP contribution in [-0.2, 0) is 9.59 Å². The minimum Gasteiger partial charge on any atom is -0.480 e. The molecule has 1 atom stereocenters. The number of carbonyl (C=O) groups is 2. The molecule has 1 rings (SSSR count). The third-order valence-electron chi connectivity index (χ3n) is 2.14. The Bertz CT molecular complexity index is 468. The number of hydrogen-bond donors (Lipinski definition) is 3. The van der Waals surface area contributed by atoms with Gasteiger partial charge in [-0.15, -0.1) is 0 Å². The maximum absolute atomic E-state index is 13.4. The zero-order chi connectivity index (χ0) is 13.7. The van der Waals surface area contributed by atoms with Crippen molar-refractivity contribution in [2.45, 2.75) is 13.0 Å². The highest BCUT2D eigenvalue weighted by atomic mass is 79.9. The zero-order valence-electron chi connectivity index (χ0n) is 9.54. The predicted molar refractivity (Wildman–Crippen MR) is 67.8 cm³/mol. The van der Waals surface area contributed by atoms with Gasteiger partial charge in [0.2, 0.25) is 5.91 Å². The highest BCUT2D eigenvalue weighted by Crippen LogP contribution is 2.18. The lowest BCUT2D eigenvalue weighted by Gasteiger charge is -2.10. The summed E-state index contributed by atoms with van der Waals surface area (Å²) in [6.07, 6.45) is 0. The van der Waals surface area contributed by atoms with Crippen molar-refractivity contribution in [2.75, 3.05) is 11.9 Å².